The Morgan fingerprint density at radius 2 is 1.40 bits per heavy atom. The van der Waals surface area contributed by atoms with Crippen LogP contribution in [-0.4, -0.2) is 20.7 Å². The van der Waals surface area contributed by atoms with E-state index in [1.165, 1.54) is 0 Å². The molecule has 0 unspecified atom stereocenters. The molecule has 0 saturated carbocycles. The van der Waals surface area contributed by atoms with Crippen LogP contribution in [0.5, 0.6) is 0 Å². The van der Waals surface area contributed by atoms with Crippen LogP contribution in [0.3, 0.4) is 0 Å². The van der Waals surface area contributed by atoms with Crippen LogP contribution >= 0.6 is 11.6 Å². The monoisotopic (exact) mass is 416 g/mol. The van der Waals surface area contributed by atoms with Gasteiger partial charge in [-0.25, -0.2) is 9.48 Å². The zero-order valence-electron chi connectivity index (χ0n) is 15.8. The molecule has 0 radical (unpaired) electrons. The van der Waals surface area contributed by atoms with Crippen molar-refractivity contribution in [2.75, 3.05) is 5.32 Å². The predicted octanol–water partition coefficient (Wildman–Crippen LogP) is 4.26. The first-order valence-corrected chi connectivity index (χ1v) is 9.63. The Morgan fingerprint density at radius 1 is 0.833 bits per heavy atom. The second-order valence-corrected chi connectivity index (χ2v) is 6.97. The van der Waals surface area contributed by atoms with Crippen molar-refractivity contribution in [3.05, 3.63) is 100 Å². The first-order valence-electron chi connectivity index (χ1n) is 9.25. The normalized spacial score (nSPS) is 10.6. The van der Waals surface area contributed by atoms with E-state index in [2.05, 4.69) is 15.4 Å². The number of anilines is 1. The Hall–Kier alpha value is -3.77. The second kappa shape index (κ2) is 8.71. The maximum Gasteiger partial charge on any atom is 0.365 e. The number of nitrogens with one attached hydrogen (secondary N) is 1. The fourth-order valence-corrected chi connectivity index (χ4v) is 3.10. The number of carbonyl (C=O) groups is 1. The lowest BCUT2D eigenvalue weighted by Crippen LogP contribution is -2.32. The molecule has 0 aliphatic heterocycles. The molecule has 6 nitrogen and oxygen atoms in total. The van der Waals surface area contributed by atoms with Crippen molar-refractivity contribution in [2.24, 2.45) is 0 Å². The van der Waals surface area contributed by atoms with Crippen molar-refractivity contribution in [1.82, 2.24) is 14.8 Å². The van der Waals surface area contributed by atoms with Gasteiger partial charge in [-0.05, 0) is 24.3 Å². The van der Waals surface area contributed by atoms with Gasteiger partial charge in [-0.3, -0.25) is 4.79 Å². The molecule has 1 amide bonds. The van der Waals surface area contributed by atoms with E-state index in [4.69, 9.17) is 11.6 Å². The molecule has 1 aromatic heterocycles. The summed E-state index contributed by atoms with van der Waals surface area (Å²) >= 11 is 5.86. The zero-order chi connectivity index (χ0) is 20.9. The number of nitrogens with zero attached hydrogens (tertiary/aromatic N) is 3. The Bertz CT molecular complexity index is 1220. The molecule has 148 valence electrons. The van der Waals surface area contributed by atoms with Crippen LogP contribution in [0, 0.1) is 0 Å². The van der Waals surface area contributed by atoms with E-state index in [0.717, 1.165) is 15.8 Å². The van der Waals surface area contributed by atoms with Gasteiger partial charge in [-0.2, -0.15) is 10.1 Å². The van der Waals surface area contributed by atoms with Gasteiger partial charge in [0.1, 0.15) is 17.9 Å². The molecular weight excluding hydrogens is 400 g/mol. The smallest absolute Gasteiger partial charge is 0.324 e. The van der Waals surface area contributed by atoms with E-state index >= 15 is 0 Å². The van der Waals surface area contributed by atoms with Gasteiger partial charge in [0.2, 0.25) is 5.91 Å². The largest absolute Gasteiger partial charge is 0.365 e. The van der Waals surface area contributed by atoms with Crippen molar-refractivity contribution in [2.45, 2.75) is 6.54 Å². The van der Waals surface area contributed by atoms with Gasteiger partial charge in [-0.1, -0.05) is 72.3 Å². The van der Waals surface area contributed by atoms with E-state index in [1.54, 1.807) is 24.3 Å². The molecule has 0 bridgehead atoms. The van der Waals surface area contributed by atoms with Crippen molar-refractivity contribution in [3.8, 4) is 22.5 Å². The number of rotatable bonds is 5. The number of aromatic nitrogens is 3. The maximum absolute atomic E-state index is 12.6. The molecule has 30 heavy (non-hydrogen) atoms. The molecule has 0 spiro atoms. The molecular formula is C23H17ClN4O2. The average molecular weight is 417 g/mol. The summed E-state index contributed by atoms with van der Waals surface area (Å²) in [5.74, 6) is -0.389. The van der Waals surface area contributed by atoms with Gasteiger partial charge in [0.25, 0.3) is 0 Å². The number of benzene rings is 3. The summed E-state index contributed by atoms with van der Waals surface area (Å²) in [4.78, 5) is 29.3. The second-order valence-electron chi connectivity index (χ2n) is 6.54. The van der Waals surface area contributed by atoms with Crippen molar-refractivity contribution >= 4 is 23.2 Å². The van der Waals surface area contributed by atoms with Gasteiger partial charge in [-0.15, -0.1) is 0 Å². The third kappa shape index (κ3) is 4.45. The fraction of sp³-hybridized carbons (Fsp3) is 0.0435. The van der Waals surface area contributed by atoms with Gasteiger partial charge < -0.3 is 5.32 Å². The highest BCUT2D eigenvalue weighted by Gasteiger charge is 2.16. The van der Waals surface area contributed by atoms with E-state index in [9.17, 15) is 9.59 Å². The molecule has 0 aliphatic carbocycles. The van der Waals surface area contributed by atoms with Crippen LogP contribution in [0.1, 0.15) is 0 Å². The third-order valence-corrected chi connectivity index (χ3v) is 4.64. The average Bonchev–Trinajstić information content (AvgIpc) is 2.78. The summed E-state index contributed by atoms with van der Waals surface area (Å²) in [5.41, 5.74) is 2.56. The first kappa shape index (κ1) is 19.5. The number of carbonyl (C=O) groups excluding carboxylic acids is 1. The van der Waals surface area contributed by atoms with E-state index < -0.39 is 5.69 Å². The molecule has 0 saturated heterocycles. The lowest BCUT2D eigenvalue weighted by atomic mass is 10.0. The SMILES string of the molecule is O=C(Cn1nc(-c2ccccc2)c(-c2ccccc2)nc1=O)Nc1ccc(Cl)cc1. The summed E-state index contributed by atoms with van der Waals surface area (Å²) in [6.45, 7) is -0.261. The van der Waals surface area contributed by atoms with Crippen molar-refractivity contribution < 1.29 is 4.79 Å². The highest BCUT2D eigenvalue weighted by Crippen LogP contribution is 2.27. The zero-order valence-corrected chi connectivity index (χ0v) is 16.6. The highest BCUT2D eigenvalue weighted by atomic mass is 35.5. The number of halogens is 1. The van der Waals surface area contributed by atoms with Crippen LogP contribution in [0.15, 0.2) is 89.7 Å². The standard InChI is InChI=1S/C23H17ClN4O2/c24-18-11-13-19(14-12-18)25-20(29)15-28-23(30)26-21(16-7-3-1-4-8-16)22(27-28)17-9-5-2-6-10-17/h1-14H,15H2,(H,25,29). The minimum atomic E-state index is -0.597. The molecule has 0 atom stereocenters. The van der Waals surface area contributed by atoms with Gasteiger partial charge in [0.15, 0.2) is 0 Å². The lowest BCUT2D eigenvalue weighted by molar-refractivity contribution is -0.117. The topological polar surface area (TPSA) is 76.9 Å². The van der Waals surface area contributed by atoms with Crippen LogP contribution in [0.2, 0.25) is 5.02 Å². The number of hydrogen-bond acceptors (Lipinski definition) is 4. The molecule has 4 aromatic rings. The van der Waals surface area contributed by atoms with Crippen LogP contribution in [0.25, 0.3) is 22.5 Å². The Morgan fingerprint density at radius 3 is 2.00 bits per heavy atom. The summed E-state index contributed by atoms with van der Waals surface area (Å²) in [6, 6.07) is 25.5. The van der Waals surface area contributed by atoms with Gasteiger partial charge in [0.05, 0.1) is 0 Å². The Balaban J connectivity index is 1.70. The first-order chi connectivity index (χ1) is 14.6. The molecule has 7 heteroatoms. The number of amides is 1. The van der Waals surface area contributed by atoms with Crippen LogP contribution < -0.4 is 11.0 Å². The van der Waals surface area contributed by atoms with Crippen molar-refractivity contribution in [1.29, 1.82) is 0 Å². The summed E-state index contributed by atoms with van der Waals surface area (Å²) in [5, 5.41) is 7.77. The predicted molar refractivity (Wildman–Crippen MR) is 117 cm³/mol. The minimum Gasteiger partial charge on any atom is -0.324 e. The molecule has 4 rings (SSSR count). The van der Waals surface area contributed by atoms with Gasteiger partial charge in [0, 0.05) is 21.8 Å². The van der Waals surface area contributed by atoms with E-state index in [-0.39, 0.29) is 12.5 Å². The molecule has 1 heterocycles. The van der Waals surface area contributed by atoms with E-state index in [1.807, 2.05) is 60.7 Å². The lowest BCUT2D eigenvalue weighted by Gasteiger charge is -2.12. The Labute approximate surface area is 177 Å². The van der Waals surface area contributed by atoms with Crippen LogP contribution in [-0.2, 0) is 11.3 Å². The summed E-state index contributed by atoms with van der Waals surface area (Å²) < 4.78 is 1.07. The molecule has 1 N–H and O–H groups in total. The summed E-state index contributed by atoms with van der Waals surface area (Å²) in [6.07, 6.45) is 0. The maximum atomic E-state index is 12.6. The quantitative estimate of drug-likeness (QED) is 0.527. The Kier molecular flexibility index (Phi) is 5.68. The molecule has 3 aromatic carbocycles. The molecule has 0 aliphatic rings. The minimum absolute atomic E-state index is 0.261. The van der Waals surface area contributed by atoms with E-state index in [0.29, 0.717) is 22.1 Å². The van der Waals surface area contributed by atoms with Gasteiger partial charge >= 0.3 is 5.69 Å². The molecule has 0 fully saturated rings. The summed E-state index contributed by atoms with van der Waals surface area (Å²) in [7, 11) is 0. The van der Waals surface area contributed by atoms with Crippen LogP contribution in [0.4, 0.5) is 5.69 Å². The number of hydrogen-bond donors (Lipinski definition) is 1. The third-order valence-electron chi connectivity index (χ3n) is 4.39. The highest BCUT2D eigenvalue weighted by molar-refractivity contribution is 6.30. The van der Waals surface area contributed by atoms with Crippen molar-refractivity contribution in [3.63, 3.8) is 0 Å². The fourth-order valence-electron chi connectivity index (χ4n) is 2.98.